The molecule has 0 radical (unpaired) electrons. The predicted octanol–water partition coefficient (Wildman–Crippen LogP) is 5.92. The summed E-state index contributed by atoms with van der Waals surface area (Å²) in [6.45, 7) is 10.1. The fourth-order valence-corrected chi connectivity index (χ4v) is 4.78. The van der Waals surface area contributed by atoms with Crippen molar-refractivity contribution in [2.45, 2.75) is 39.8 Å². The van der Waals surface area contributed by atoms with Crippen LogP contribution in [0.5, 0.6) is 0 Å². The van der Waals surface area contributed by atoms with Crippen molar-refractivity contribution in [2.75, 3.05) is 24.5 Å². The van der Waals surface area contributed by atoms with E-state index in [1.165, 1.54) is 24.3 Å². The lowest BCUT2D eigenvalue weighted by atomic mass is 9.95. The van der Waals surface area contributed by atoms with Crippen LogP contribution in [0.1, 0.15) is 43.8 Å². The van der Waals surface area contributed by atoms with E-state index in [0.29, 0.717) is 12.2 Å². The summed E-state index contributed by atoms with van der Waals surface area (Å²) in [6, 6.07) is 13.0. The van der Waals surface area contributed by atoms with E-state index in [2.05, 4.69) is 36.7 Å². The highest BCUT2D eigenvalue weighted by atomic mass is 35.5. The van der Waals surface area contributed by atoms with Crippen molar-refractivity contribution in [1.82, 2.24) is 24.8 Å². The van der Waals surface area contributed by atoms with Gasteiger partial charge in [0.1, 0.15) is 23.0 Å². The number of aromatic amines is 1. The first kappa shape index (κ1) is 25.0. The van der Waals surface area contributed by atoms with Gasteiger partial charge >= 0.3 is 0 Å². The molecule has 2 aromatic carbocycles. The van der Waals surface area contributed by atoms with Gasteiger partial charge in [0.05, 0.1) is 6.04 Å². The maximum absolute atomic E-state index is 13.6. The SMILES string of the molecule is CC.Cc1nc2nc(Cl)nc(N3CCN(C(c4ccc(F)cc4)c4ccc(F)cc4)CC3C)c2[nH]1. The average Bonchev–Trinajstić information content (AvgIpc) is 3.22. The van der Waals surface area contributed by atoms with Gasteiger partial charge in [-0.2, -0.15) is 9.97 Å². The number of hydrogen-bond acceptors (Lipinski definition) is 5. The first-order valence-corrected chi connectivity index (χ1v) is 12.2. The number of benzene rings is 2. The van der Waals surface area contributed by atoms with Crippen molar-refractivity contribution < 1.29 is 8.78 Å². The summed E-state index contributed by atoms with van der Waals surface area (Å²) in [6.07, 6.45) is 0. The van der Waals surface area contributed by atoms with Crippen LogP contribution in [0.2, 0.25) is 5.28 Å². The van der Waals surface area contributed by atoms with E-state index in [0.717, 1.165) is 41.4 Å². The number of fused-ring (bicyclic) bond motifs is 1. The quantitative estimate of drug-likeness (QED) is 0.354. The number of anilines is 1. The lowest BCUT2D eigenvalue weighted by Crippen LogP contribution is -2.53. The molecule has 6 nitrogen and oxygen atoms in total. The predicted molar refractivity (Wildman–Crippen MR) is 136 cm³/mol. The second kappa shape index (κ2) is 10.7. The summed E-state index contributed by atoms with van der Waals surface area (Å²) < 4.78 is 27.2. The molecule has 35 heavy (non-hydrogen) atoms. The highest BCUT2D eigenvalue weighted by Crippen LogP contribution is 2.33. The van der Waals surface area contributed by atoms with Crippen LogP contribution in [-0.4, -0.2) is 50.5 Å². The summed E-state index contributed by atoms with van der Waals surface area (Å²) in [5.74, 6) is 0.920. The number of imidazole rings is 1. The molecule has 1 fully saturated rings. The Morgan fingerprint density at radius 1 is 0.914 bits per heavy atom. The van der Waals surface area contributed by atoms with Gasteiger partial charge in [-0.25, -0.2) is 13.8 Å². The molecule has 0 amide bonds. The van der Waals surface area contributed by atoms with Crippen LogP contribution >= 0.6 is 11.6 Å². The monoisotopic (exact) mass is 498 g/mol. The molecule has 0 bridgehead atoms. The minimum Gasteiger partial charge on any atom is -0.349 e. The van der Waals surface area contributed by atoms with Crippen LogP contribution in [0.3, 0.4) is 0 Å². The third kappa shape index (κ3) is 5.28. The van der Waals surface area contributed by atoms with Gasteiger partial charge in [0.25, 0.3) is 0 Å². The average molecular weight is 499 g/mol. The Morgan fingerprint density at radius 3 is 2.03 bits per heavy atom. The van der Waals surface area contributed by atoms with Crippen LogP contribution < -0.4 is 4.90 Å². The highest BCUT2D eigenvalue weighted by molar-refractivity contribution is 6.28. The van der Waals surface area contributed by atoms with Crippen molar-refractivity contribution >= 4 is 28.6 Å². The first-order valence-electron chi connectivity index (χ1n) is 11.8. The fourth-order valence-electron chi connectivity index (χ4n) is 4.62. The molecule has 9 heteroatoms. The van der Waals surface area contributed by atoms with Crippen molar-refractivity contribution in [3.8, 4) is 0 Å². The number of piperazine rings is 1. The molecule has 1 N–H and O–H groups in total. The molecule has 1 aliphatic rings. The van der Waals surface area contributed by atoms with Gasteiger partial charge in [-0.1, -0.05) is 38.1 Å². The molecule has 1 unspecified atom stereocenters. The molecule has 5 rings (SSSR count). The molecule has 1 saturated heterocycles. The molecular formula is C26H29ClF2N6. The van der Waals surface area contributed by atoms with Crippen LogP contribution in [0, 0.1) is 18.6 Å². The van der Waals surface area contributed by atoms with E-state index in [9.17, 15) is 8.78 Å². The fraction of sp³-hybridized carbons (Fsp3) is 0.346. The molecule has 0 aliphatic carbocycles. The van der Waals surface area contributed by atoms with Gasteiger partial charge in [-0.15, -0.1) is 0 Å². The van der Waals surface area contributed by atoms with Crippen LogP contribution in [-0.2, 0) is 0 Å². The number of aromatic nitrogens is 4. The minimum absolute atomic E-state index is 0.0971. The number of aryl methyl sites for hydroxylation is 1. The normalized spacial score (nSPS) is 16.5. The molecule has 1 aliphatic heterocycles. The summed E-state index contributed by atoms with van der Waals surface area (Å²) in [4.78, 5) is 20.9. The number of halogens is 3. The van der Waals surface area contributed by atoms with E-state index in [1.54, 1.807) is 24.3 Å². The largest absolute Gasteiger partial charge is 0.349 e. The Balaban J connectivity index is 0.00000141. The number of nitrogens with one attached hydrogen (secondary N) is 1. The Morgan fingerprint density at radius 2 is 1.49 bits per heavy atom. The summed E-state index contributed by atoms with van der Waals surface area (Å²) in [7, 11) is 0. The third-order valence-electron chi connectivity index (χ3n) is 6.09. The van der Waals surface area contributed by atoms with Gasteiger partial charge in [0, 0.05) is 25.7 Å². The Hall–Kier alpha value is -3.10. The minimum atomic E-state index is -0.283. The topological polar surface area (TPSA) is 60.9 Å². The van der Waals surface area contributed by atoms with Crippen molar-refractivity contribution in [2.24, 2.45) is 0 Å². The summed E-state index contributed by atoms with van der Waals surface area (Å²) in [5, 5.41) is 0.161. The van der Waals surface area contributed by atoms with Crippen LogP contribution in [0.4, 0.5) is 14.6 Å². The van der Waals surface area contributed by atoms with Crippen molar-refractivity contribution in [3.63, 3.8) is 0 Å². The van der Waals surface area contributed by atoms with Crippen molar-refractivity contribution in [3.05, 3.63) is 82.4 Å². The lowest BCUT2D eigenvalue weighted by Gasteiger charge is -2.44. The Bertz CT molecular complexity index is 1230. The van der Waals surface area contributed by atoms with Crippen molar-refractivity contribution in [1.29, 1.82) is 0 Å². The van der Waals surface area contributed by atoms with Crippen LogP contribution in [0.15, 0.2) is 48.5 Å². The molecule has 1 atom stereocenters. The summed E-state index contributed by atoms with van der Waals surface area (Å²) >= 11 is 6.19. The van der Waals surface area contributed by atoms with Gasteiger partial charge in [0.15, 0.2) is 11.5 Å². The van der Waals surface area contributed by atoms with Gasteiger partial charge < -0.3 is 9.88 Å². The lowest BCUT2D eigenvalue weighted by molar-refractivity contribution is 0.187. The molecule has 184 valence electrons. The number of hydrogen-bond donors (Lipinski definition) is 1. The standard InChI is InChI=1S/C24H23ClF2N6.C2H6/c1-14-13-32(11-12-33(14)23-20-22(29-15(2)28-20)30-24(25)31-23)21(16-3-7-18(26)8-4-16)17-5-9-19(27)10-6-17;1-2/h3-10,14,21H,11-13H2,1-2H3,(H,28,29,30,31);1-2H3. The maximum Gasteiger partial charge on any atom is 0.226 e. The number of rotatable bonds is 4. The molecular weight excluding hydrogens is 470 g/mol. The molecule has 0 saturated carbocycles. The Labute approximate surface area is 209 Å². The second-order valence-corrected chi connectivity index (χ2v) is 8.72. The zero-order chi connectivity index (χ0) is 25.1. The first-order chi connectivity index (χ1) is 16.9. The van der Waals surface area contributed by atoms with E-state index >= 15 is 0 Å². The van der Waals surface area contributed by atoms with Crippen LogP contribution in [0.25, 0.3) is 11.2 Å². The van der Waals surface area contributed by atoms with Gasteiger partial charge in [-0.3, -0.25) is 4.90 Å². The molecule has 4 aromatic rings. The second-order valence-electron chi connectivity index (χ2n) is 8.38. The Kier molecular flexibility index (Phi) is 7.62. The number of H-pyrrole nitrogens is 1. The molecule has 3 heterocycles. The zero-order valence-corrected chi connectivity index (χ0v) is 21.0. The van der Waals surface area contributed by atoms with E-state index in [4.69, 9.17) is 11.6 Å². The number of nitrogens with zero attached hydrogens (tertiary/aromatic N) is 5. The van der Waals surface area contributed by atoms with E-state index < -0.39 is 0 Å². The summed E-state index contributed by atoms with van der Waals surface area (Å²) in [5.41, 5.74) is 3.24. The van der Waals surface area contributed by atoms with Gasteiger partial charge in [-0.05, 0) is 60.8 Å². The third-order valence-corrected chi connectivity index (χ3v) is 6.26. The van der Waals surface area contributed by atoms with E-state index in [-0.39, 0.29) is 29.0 Å². The molecule has 2 aromatic heterocycles. The zero-order valence-electron chi connectivity index (χ0n) is 20.3. The maximum atomic E-state index is 13.6. The molecule has 0 spiro atoms. The highest BCUT2D eigenvalue weighted by Gasteiger charge is 2.32. The van der Waals surface area contributed by atoms with E-state index in [1.807, 2.05) is 20.8 Å². The smallest absolute Gasteiger partial charge is 0.226 e. The van der Waals surface area contributed by atoms with Gasteiger partial charge in [0.2, 0.25) is 5.28 Å².